The molecule has 0 unspecified atom stereocenters. The molecule has 0 aliphatic rings. The van der Waals surface area contributed by atoms with Crippen molar-refractivity contribution in [3.8, 4) is 11.3 Å². The maximum atomic E-state index is 13.5. The number of nitrogen functional groups attached to an aromatic ring is 1. The topological polar surface area (TPSA) is 108 Å². The van der Waals surface area contributed by atoms with Gasteiger partial charge in [0, 0.05) is 31.4 Å². The van der Waals surface area contributed by atoms with Crippen molar-refractivity contribution in [1.29, 1.82) is 0 Å². The molecule has 0 saturated carbocycles. The maximum Gasteiger partial charge on any atom is 0.283 e. The Hall–Kier alpha value is -2.89. The first kappa shape index (κ1) is 30.3. The SMILES string of the molecule is CC.CCN(Cl)Cl.Nc1nccc(-c2ccc3nc(C(=O)N(CCO)Cc4cccc(F)c4)sc3c2)n1. The molecular formula is C25H29Cl2FN6O2S. The van der Waals surface area contributed by atoms with Gasteiger partial charge in [-0.25, -0.2) is 19.3 Å². The van der Waals surface area contributed by atoms with Gasteiger partial charge in [0.1, 0.15) is 5.82 Å². The molecule has 37 heavy (non-hydrogen) atoms. The third-order valence-electron chi connectivity index (χ3n) is 4.70. The number of halogens is 3. The summed E-state index contributed by atoms with van der Waals surface area (Å²) in [6, 6.07) is 13.4. The Balaban J connectivity index is 0.000000617. The number of hydrogen-bond acceptors (Lipinski definition) is 8. The van der Waals surface area contributed by atoms with Gasteiger partial charge in [-0.1, -0.05) is 32.0 Å². The minimum Gasteiger partial charge on any atom is -0.395 e. The third-order valence-corrected chi connectivity index (χ3v) is 6.18. The van der Waals surface area contributed by atoms with Gasteiger partial charge in [-0.2, -0.15) is 0 Å². The second kappa shape index (κ2) is 15.4. The number of benzene rings is 2. The van der Waals surface area contributed by atoms with E-state index in [0.29, 0.717) is 28.3 Å². The lowest BCUT2D eigenvalue weighted by Gasteiger charge is -2.20. The molecule has 8 nitrogen and oxygen atoms in total. The molecule has 0 spiro atoms. The summed E-state index contributed by atoms with van der Waals surface area (Å²) in [6.45, 7) is 6.63. The number of aliphatic hydroxyl groups excluding tert-OH is 1. The Bertz CT molecular complexity index is 1290. The number of aliphatic hydroxyl groups is 1. The van der Waals surface area contributed by atoms with E-state index in [2.05, 4.69) is 15.0 Å². The molecule has 0 radical (unpaired) electrons. The van der Waals surface area contributed by atoms with E-state index in [-0.39, 0.29) is 37.4 Å². The van der Waals surface area contributed by atoms with Crippen molar-refractivity contribution >= 4 is 57.0 Å². The zero-order valence-electron chi connectivity index (χ0n) is 20.7. The van der Waals surface area contributed by atoms with Crippen LogP contribution in [0.15, 0.2) is 54.7 Å². The molecular weight excluding hydrogens is 538 g/mol. The predicted molar refractivity (Wildman–Crippen MR) is 149 cm³/mol. The fourth-order valence-corrected chi connectivity index (χ4v) is 4.05. The molecule has 1 amide bonds. The number of rotatable bonds is 7. The third kappa shape index (κ3) is 9.17. The van der Waals surface area contributed by atoms with Crippen LogP contribution < -0.4 is 5.73 Å². The Morgan fingerprint density at radius 3 is 2.49 bits per heavy atom. The summed E-state index contributed by atoms with van der Waals surface area (Å²) < 4.78 is 15.4. The van der Waals surface area contributed by atoms with Crippen LogP contribution in [-0.4, -0.2) is 54.5 Å². The molecule has 198 valence electrons. The first-order valence-corrected chi connectivity index (χ1v) is 13.0. The van der Waals surface area contributed by atoms with E-state index in [9.17, 15) is 14.3 Å². The Labute approximate surface area is 229 Å². The normalized spacial score (nSPS) is 10.4. The van der Waals surface area contributed by atoms with Crippen molar-refractivity contribution < 1.29 is 14.3 Å². The summed E-state index contributed by atoms with van der Waals surface area (Å²) >= 11 is 11.4. The van der Waals surface area contributed by atoms with Gasteiger partial charge >= 0.3 is 0 Å². The Morgan fingerprint density at radius 1 is 1.14 bits per heavy atom. The smallest absolute Gasteiger partial charge is 0.283 e. The number of anilines is 1. The van der Waals surface area contributed by atoms with Gasteiger partial charge in [0.2, 0.25) is 5.95 Å². The molecule has 0 saturated heterocycles. The number of carbonyl (C=O) groups is 1. The summed E-state index contributed by atoms with van der Waals surface area (Å²) in [5.74, 6) is -0.506. The number of amides is 1. The Kier molecular flexibility index (Phi) is 12.6. The molecule has 0 bridgehead atoms. The van der Waals surface area contributed by atoms with Crippen LogP contribution in [0.3, 0.4) is 0 Å². The molecule has 4 aromatic rings. The highest BCUT2D eigenvalue weighted by Crippen LogP contribution is 2.28. The number of fused-ring (bicyclic) bond motifs is 1. The fraction of sp³-hybridized carbons (Fsp3) is 0.280. The van der Waals surface area contributed by atoms with Gasteiger partial charge in [0.15, 0.2) is 5.01 Å². The van der Waals surface area contributed by atoms with E-state index >= 15 is 0 Å². The summed E-state index contributed by atoms with van der Waals surface area (Å²) in [6.07, 6.45) is 1.59. The predicted octanol–water partition coefficient (Wildman–Crippen LogP) is 5.75. The summed E-state index contributed by atoms with van der Waals surface area (Å²) in [5, 5.41) is 9.68. The van der Waals surface area contributed by atoms with Crippen LogP contribution in [0.4, 0.5) is 10.3 Å². The lowest BCUT2D eigenvalue weighted by molar-refractivity contribution is 0.0707. The molecule has 2 aromatic carbocycles. The molecule has 12 heteroatoms. The van der Waals surface area contributed by atoms with Gasteiger partial charge in [-0.15, -0.1) is 15.3 Å². The van der Waals surface area contributed by atoms with E-state index < -0.39 is 0 Å². The van der Waals surface area contributed by atoms with Crippen molar-refractivity contribution in [2.75, 3.05) is 25.4 Å². The lowest BCUT2D eigenvalue weighted by Crippen LogP contribution is -2.33. The van der Waals surface area contributed by atoms with Crippen LogP contribution in [0.2, 0.25) is 0 Å². The highest BCUT2D eigenvalue weighted by atomic mass is 35.5. The van der Waals surface area contributed by atoms with Gasteiger partial charge in [0.25, 0.3) is 5.91 Å². The number of thiazole rings is 1. The first-order chi connectivity index (χ1) is 17.8. The quantitative estimate of drug-likeness (QED) is 0.274. The number of hydrogen-bond donors (Lipinski definition) is 2. The van der Waals surface area contributed by atoms with Crippen molar-refractivity contribution in [2.24, 2.45) is 0 Å². The van der Waals surface area contributed by atoms with Crippen molar-refractivity contribution in [2.45, 2.75) is 27.3 Å². The molecule has 0 aliphatic carbocycles. The molecule has 0 aliphatic heterocycles. The standard InChI is InChI=1S/C21H18FN5O2S.C2H5Cl2N.C2H6/c22-15-3-1-2-13(10-15)12-27(8-9-28)20(29)19-25-17-5-4-14(11-18(17)30-19)16-6-7-24-21(23)26-16;1-2-5(3)4;1-2/h1-7,10-11,28H,8-9,12H2,(H2,23,24,26);2H2,1H3;1-2H3. The summed E-state index contributed by atoms with van der Waals surface area (Å²) in [4.78, 5) is 27.0. The average molecular weight is 568 g/mol. The molecule has 4 rings (SSSR count). The largest absolute Gasteiger partial charge is 0.395 e. The highest BCUT2D eigenvalue weighted by molar-refractivity contribution is 7.20. The summed E-state index contributed by atoms with van der Waals surface area (Å²) in [7, 11) is 0. The van der Waals surface area contributed by atoms with Crippen molar-refractivity contribution in [1.82, 2.24) is 23.8 Å². The molecule has 0 atom stereocenters. The van der Waals surface area contributed by atoms with E-state index in [0.717, 1.165) is 14.2 Å². The first-order valence-electron chi connectivity index (χ1n) is 11.5. The van der Waals surface area contributed by atoms with Crippen molar-refractivity contribution in [3.05, 3.63) is 71.1 Å². The van der Waals surface area contributed by atoms with Gasteiger partial charge in [-0.3, -0.25) is 4.79 Å². The second-order valence-electron chi connectivity index (χ2n) is 7.20. The molecule has 0 fully saturated rings. The zero-order valence-corrected chi connectivity index (χ0v) is 23.1. The average Bonchev–Trinajstić information content (AvgIpc) is 3.33. The van der Waals surface area contributed by atoms with E-state index in [1.54, 1.807) is 24.4 Å². The van der Waals surface area contributed by atoms with Gasteiger partial charge in [0.05, 0.1) is 22.5 Å². The highest BCUT2D eigenvalue weighted by Gasteiger charge is 2.20. The Morgan fingerprint density at radius 2 is 1.86 bits per heavy atom. The number of nitrogens with two attached hydrogens (primary N) is 1. The zero-order chi connectivity index (χ0) is 27.4. The number of nitrogens with zero attached hydrogens (tertiary/aromatic N) is 5. The van der Waals surface area contributed by atoms with E-state index in [4.69, 9.17) is 29.3 Å². The van der Waals surface area contributed by atoms with Gasteiger partial charge < -0.3 is 15.7 Å². The minimum atomic E-state index is -0.373. The fourth-order valence-electron chi connectivity index (χ4n) is 3.07. The van der Waals surface area contributed by atoms with Crippen LogP contribution in [0, 0.1) is 5.82 Å². The van der Waals surface area contributed by atoms with Crippen LogP contribution >= 0.6 is 34.9 Å². The van der Waals surface area contributed by atoms with Crippen LogP contribution in [0.25, 0.3) is 21.5 Å². The number of aromatic nitrogens is 3. The second-order valence-corrected chi connectivity index (χ2v) is 9.22. The van der Waals surface area contributed by atoms with E-state index in [1.807, 2.05) is 39.0 Å². The van der Waals surface area contributed by atoms with E-state index in [1.165, 1.54) is 28.4 Å². The monoisotopic (exact) mass is 566 g/mol. The van der Waals surface area contributed by atoms with Crippen molar-refractivity contribution in [3.63, 3.8) is 0 Å². The number of carbonyl (C=O) groups excluding carboxylic acids is 1. The van der Waals surface area contributed by atoms with Crippen LogP contribution in [0.1, 0.15) is 36.1 Å². The molecule has 3 N–H and O–H groups in total. The maximum absolute atomic E-state index is 13.5. The van der Waals surface area contributed by atoms with Gasteiger partial charge in [-0.05, 0) is 66.4 Å². The van der Waals surface area contributed by atoms with Crippen LogP contribution in [0.5, 0.6) is 0 Å². The molecule has 2 heterocycles. The lowest BCUT2D eigenvalue weighted by atomic mass is 10.1. The van der Waals surface area contributed by atoms with Crippen LogP contribution in [-0.2, 0) is 6.54 Å². The molecule has 2 aromatic heterocycles. The summed E-state index contributed by atoms with van der Waals surface area (Å²) in [5.41, 5.74) is 8.50. The minimum absolute atomic E-state index is 0.122.